The van der Waals surface area contributed by atoms with Gasteiger partial charge in [-0.3, -0.25) is 0 Å². The molecule has 33 heavy (non-hydrogen) atoms. The van der Waals surface area contributed by atoms with Crippen LogP contribution in [0.15, 0.2) is 109 Å². The molecule has 0 radical (unpaired) electrons. The molecule has 3 nitrogen and oxygen atoms in total. The van der Waals surface area contributed by atoms with Crippen molar-refractivity contribution in [2.75, 3.05) is 0 Å². The van der Waals surface area contributed by atoms with Crippen molar-refractivity contribution >= 4 is 31.7 Å². The summed E-state index contributed by atoms with van der Waals surface area (Å²) in [7, 11) is 0. The Morgan fingerprint density at radius 2 is 1.48 bits per heavy atom. The van der Waals surface area contributed by atoms with Crippen molar-refractivity contribution in [3.05, 3.63) is 115 Å². The molecule has 158 valence electrons. The predicted molar refractivity (Wildman–Crippen MR) is 135 cm³/mol. The maximum absolute atomic E-state index is 5.98. The summed E-state index contributed by atoms with van der Waals surface area (Å²) in [6.45, 7) is 2.15. The fourth-order valence-electron chi connectivity index (χ4n) is 4.31. The van der Waals surface area contributed by atoms with Gasteiger partial charge in [0, 0.05) is 0 Å². The minimum absolute atomic E-state index is 0.598. The van der Waals surface area contributed by atoms with Crippen LogP contribution in [0.1, 0.15) is 5.56 Å². The number of nitrogens with zero attached hydrogens (tertiary/aromatic N) is 2. The molecule has 6 rings (SSSR count). The number of hydrogen-bond acceptors (Lipinski definition) is 3. The molecule has 0 unspecified atom stereocenters. The van der Waals surface area contributed by atoms with Crippen molar-refractivity contribution in [3.63, 3.8) is 0 Å². The second-order valence-electron chi connectivity index (χ2n) is 8.07. The zero-order valence-corrected chi connectivity index (χ0v) is 21.6. The van der Waals surface area contributed by atoms with Crippen molar-refractivity contribution in [2.24, 2.45) is 0 Å². The molecule has 2 aromatic heterocycles. The number of rotatable bonds is 4. The summed E-state index contributed by atoms with van der Waals surface area (Å²) >= 11 is -2.46. The monoisotopic (exact) mass is 622 g/mol. The van der Waals surface area contributed by atoms with Gasteiger partial charge >= 0.3 is 202 Å². The molecule has 1 aliphatic rings. The first-order chi connectivity index (χ1) is 16.3. The van der Waals surface area contributed by atoms with Crippen molar-refractivity contribution in [1.82, 2.24) is 9.97 Å². The van der Waals surface area contributed by atoms with Crippen LogP contribution in [0.2, 0.25) is 0 Å². The molecule has 0 bridgehead atoms. The molecular weight excluding hydrogens is 601 g/mol. The van der Waals surface area contributed by atoms with Gasteiger partial charge in [0.1, 0.15) is 0 Å². The van der Waals surface area contributed by atoms with Crippen LogP contribution in [0, 0.1) is 6.92 Å². The number of benzene rings is 3. The van der Waals surface area contributed by atoms with Crippen LogP contribution >= 0.6 is 0 Å². The Morgan fingerprint density at radius 3 is 2.36 bits per heavy atom. The number of ether oxygens (including phenoxy) is 1. The molecule has 1 aliphatic heterocycles. The third-order valence-electron chi connectivity index (χ3n) is 5.83. The van der Waals surface area contributed by atoms with E-state index in [0.717, 1.165) is 11.3 Å². The number of pyridine rings is 2. The number of fused-ring (bicyclic) bond motifs is 3. The molecule has 0 fully saturated rings. The number of hydrogen-bond donors (Lipinski definition) is 0. The van der Waals surface area contributed by atoms with E-state index in [0.29, 0.717) is 5.88 Å². The molecule has 0 spiro atoms. The first kappa shape index (κ1) is 20.3. The van der Waals surface area contributed by atoms with Crippen molar-refractivity contribution in [2.45, 2.75) is 6.92 Å². The fourth-order valence-corrected chi connectivity index (χ4v) is 14.6. The molecule has 0 amide bonds. The third-order valence-corrected chi connectivity index (χ3v) is 15.3. The average molecular weight is 622 g/mol. The quantitative estimate of drug-likeness (QED) is 0.267. The minimum atomic E-state index is -2.46. The second-order valence-corrected chi connectivity index (χ2v) is 16.2. The van der Waals surface area contributed by atoms with Gasteiger partial charge in [0.2, 0.25) is 0 Å². The molecule has 0 aliphatic carbocycles. The molecule has 0 saturated carbocycles. The third kappa shape index (κ3) is 3.85. The van der Waals surface area contributed by atoms with Gasteiger partial charge in [-0.05, 0) is 0 Å². The van der Waals surface area contributed by atoms with E-state index in [1.54, 1.807) is 6.20 Å². The van der Waals surface area contributed by atoms with Gasteiger partial charge in [-0.15, -0.1) is 0 Å². The number of aromatic nitrogens is 2. The standard InChI is InChI=1S/C23H15NO.C6H6N.Bi/c1-2-7-18(8-3-1)19-12-14-20(15-13-19)21-9-6-10-22(17-21)25-23-11-4-5-16-24-23;1-6-2-4-7-5-3-6;/h1-7,9-12,14-17H;2-4H,1H3;. The Labute approximate surface area is 201 Å². The zero-order valence-electron chi connectivity index (χ0n) is 18.1. The van der Waals surface area contributed by atoms with Gasteiger partial charge in [-0.1, -0.05) is 0 Å². The summed E-state index contributed by atoms with van der Waals surface area (Å²) in [5, 5.41) is 0. The summed E-state index contributed by atoms with van der Waals surface area (Å²) in [6.07, 6.45) is 3.70. The van der Waals surface area contributed by atoms with E-state index in [1.807, 2.05) is 36.5 Å². The molecule has 5 aromatic rings. The molecule has 0 atom stereocenters. The summed E-state index contributed by atoms with van der Waals surface area (Å²) in [5.74, 6) is 1.38. The van der Waals surface area contributed by atoms with Crippen LogP contribution in [0.4, 0.5) is 0 Å². The van der Waals surface area contributed by atoms with Gasteiger partial charge in [-0.25, -0.2) is 0 Å². The van der Waals surface area contributed by atoms with Crippen molar-refractivity contribution in [3.8, 4) is 33.9 Å². The molecular formula is C29H21BiN2O. The van der Waals surface area contributed by atoms with Crippen LogP contribution in [0.25, 0.3) is 22.3 Å². The maximum atomic E-state index is 5.98. The van der Waals surface area contributed by atoms with Crippen LogP contribution in [0.3, 0.4) is 0 Å². The van der Waals surface area contributed by atoms with Crippen LogP contribution < -0.4 is 14.7 Å². The van der Waals surface area contributed by atoms with E-state index in [-0.39, 0.29) is 0 Å². The molecule has 0 saturated heterocycles. The molecule has 3 heterocycles. The summed E-state index contributed by atoms with van der Waals surface area (Å²) < 4.78 is 10.3. The Kier molecular flexibility index (Phi) is 5.24. The zero-order chi connectivity index (χ0) is 22.2. The second kappa shape index (κ2) is 8.53. The van der Waals surface area contributed by atoms with E-state index in [4.69, 9.17) is 9.72 Å². The Bertz CT molecular complexity index is 1470. The molecule has 4 heteroatoms. The van der Waals surface area contributed by atoms with E-state index >= 15 is 0 Å². The SMILES string of the molecule is Cc1ccn[c]([Bi]2[c]3ccccc3-c3ccc(-c4cccc(Oc5ccccn5)c4)c[c]32)c1. The van der Waals surface area contributed by atoms with Gasteiger partial charge in [0.05, 0.1) is 0 Å². The first-order valence-electron chi connectivity index (χ1n) is 10.9. The van der Waals surface area contributed by atoms with E-state index < -0.39 is 21.8 Å². The number of aryl methyl sites for hydroxylation is 1. The fraction of sp³-hybridized carbons (Fsp3) is 0.0345. The predicted octanol–water partition coefficient (Wildman–Crippen LogP) is 4.74. The molecule has 3 aromatic carbocycles. The Morgan fingerprint density at radius 1 is 0.636 bits per heavy atom. The van der Waals surface area contributed by atoms with E-state index in [1.165, 1.54) is 32.2 Å². The Hall–Kier alpha value is -3.36. The van der Waals surface area contributed by atoms with E-state index in [9.17, 15) is 0 Å². The van der Waals surface area contributed by atoms with Gasteiger partial charge < -0.3 is 0 Å². The normalized spacial score (nSPS) is 12.3. The van der Waals surface area contributed by atoms with Crippen LogP contribution in [-0.2, 0) is 0 Å². The summed E-state index contributed by atoms with van der Waals surface area (Å²) in [6, 6.07) is 34.1. The van der Waals surface area contributed by atoms with Crippen molar-refractivity contribution < 1.29 is 4.74 Å². The summed E-state index contributed by atoms with van der Waals surface area (Å²) in [4.78, 5) is 9.12. The van der Waals surface area contributed by atoms with Crippen LogP contribution in [0.5, 0.6) is 11.6 Å². The van der Waals surface area contributed by atoms with Crippen LogP contribution in [-0.4, -0.2) is 31.7 Å². The van der Waals surface area contributed by atoms with E-state index in [2.05, 4.69) is 78.6 Å². The topological polar surface area (TPSA) is 35.0 Å². The van der Waals surface area contributed by atoms with Gasteiger partial charge in [0.25, 0.3) is 0 Å². The van der Waals surface area contributed by atoms with Crippen molar-refractivity contribution in [1.29, 1.82) is 0 Å². The first-order valence-corrected chi connectivity index (χ1v) is 16.1. The Balaban J connectivity index is 1.43. The van der Waals surface area contributed by atoms with Gasteiger partial charge in [-0.2, -0.15) is 0 Å². The average Bonchev–Trinajstić information content (AvgIpc) is 3.18. The summed E-state index contributed by atoms with van der Waals surface area (Å²) in [5.41, 5.74) is 6.38. The van der Waals surface area contributed by atoms with Gasteiger partial charge in [0.15, 0.2) is 0 Å². The molecule has 0 N–H and O–H groups in total.